The summed E-state index contributed by atoms with van der Waals surface area (Å²) in [4.78, 5) is 20.4. The first-order chi connectivity index (χ1) is 10.7. The zero-order valence-electron chi connectivity index (χ0n) is 12.0. The number of aromatic nitrogens is 3. The van der Waals surface area contributed by atoms with Crippen LogP contribution in [0.1, 0.15) is 0 Å². The Hall–Kier alpha value is -3.08. The summed E-state index contributed by atoms with van der Waals surface area (Å²) >= 11 is 0. The number of nitrogens with one attached hydrogen (secondary N) is 1. The summed E-state index contributed by atoms with van der Waals surface area (Å²) in [5.41, 5.74) is 9.49. The second-order valence-corrected chi connectivity index (χ2v) is 5.27. The lowest BCUT2D eigenvalue weighted by Crippen LogP contribution is -2.21. The third-order valence-electron chi connectivity index (χ3n) is 3.97. The molecule has 0 aliphatic heterocycles. The quantitative estimate of drug-likeness (QED) is 0.566. The van der Waals surface area contributed by atoms with Gasteiger partial charge in [-0.1, -0.05) is 30.3 Å². The molecule has 0 aliphatic carbocycles. The fourth-order valence-corrected chi connectivity index (χ4v) is 2.82. The maximum Gasteiger partial charge on any atom is 0.263 e. The van der Waals surface area contributed by atoms with Gasteiger partial charge >= 0.3 is 0 Å². The molecule has 0 bridgehead atoms. The third kappa shape index (κ3) is 1.65. The highest BCUT2D eigenvalue weighted by molar-refractivity contribution is 5.98. The molecule has 0 fully saturated rings. The topological polar surface area (TPSA) is 76.7 Å². The van der Waals surface area contributed by atoms with Crippen molar-refractivity contribution in [3.05, 3.63) is 58.9 Å². The number of pyridine rings is 1. The van der Waals surface area contributed by atoms with Crippen LogP contribution in [0.5, 0.6) is 0 Å². The number of hydrogen-bond donors (Lipinski definition) is 2. The first-order valence-electron chi connectivity index (χ1n) is 6.99. The molecule has 0 atom stereocenters. The van der Waals surface area contributed by atoms with Crippen molar-refractivity contribution >= 4 is 27.6 Å². The number of nitrogen functional groups attached to an aromatic ring is 1. The average Bonchev–Trinajstić information content (AvgIpc) is 2.96. The molecular weight excluding hydrogens is 276 g/mol. The molecule has 5 heteroatoms. The molecule has 0 unspecified atom stereocenters. The van der Waals surface area contributed by atoms with Gasteiger partial charge in [0, 0.05) is 12.4 Å². The van der Waals surface area contributed by atoms with Gasteiger partial charge < -0.3 is 15.3 Å². The molecule has 5 nitrogen and oxygen atoms in total. The minimum atomic E-state index is -0.157. The molecule has 2 aromatic heterocycles. The summed E-state index contributed by atoms with van der Waals surface area (Å²) in [5.74, 6) is 0.505. The molecule has 2 heterocycles. The minimum Gasteiger partial charge on any atom is -0.397 e. The van der Waals surface area contributed by atoms with Gasteiger partial charge in [-0.3, -0.25) is 4.79 Å². The zero-order valence-corrected chi connectivity index (χ0v) is 12.0. The Morgan fingerprint density at radius 3 is 2.64 bits per heavy atom. The first-order valence-corrected chi connectivity index (χ1v) is 6.99. The molecular formula is C17H14N4O. The van der Waals surface area contributed by atoms with E-state index in [2.05, 4.69) is 9.97 Å². The summed E-state index contributed by atoms with van der Waals surface area (Å²) < 4.78 is 1.61. The summed E-state index contributed by atoms with van der Waals surface area (Å²) in [7, 11) is 1.75. The van der Waals surface area contributed by atoms with E-state index < -0.39 is 0 Å². The number of aromatic amines is 1. The number of nitrogens with two attached hydrogens (primary N) is 1. The minimum absolute atomic E-state index is 0.157. The van der Waals surface area contributed by atoms with Crippen molar-refractivity contribution in [3.8, 4) is 11.4 Å². The van der Waals surface area contributed by atoms with Gasteiger partial charge in [-0.05, 0) is 18.2 Å². The Labute approximate surface area is 126 Å². The standard InChI is InChI=1S/C17H14N4O/c1-21-13-9-5-2-6-10(13)15(18)14(17(21)22)16-19-11-7-3-4-8-12(11)20-16/h2-9H,18H2,1H3,(H,19,20). The van der Waals surface area contributed by atoms with Crippen LogP contribution < -0.4 is 11.3 Å². The van der Waals surface area contributed by atoms with E-state index in [1.54, 1.807) is 11.6 Å². The number of hydrogen-bond acceptors (Lipinski definition) is 3. The number of fused-ring (bicyclic) bond motifs is 2. The van der Waals surface area contributed by atoms with Crippen LogP contribution in [0, 0.1) is 0 Å². The number of H-pyrrole nitrogens is 1. The highest BCUT2D eigenvalue weighted by Gasteiger charge is 2.17. The lowest BCUT2D eigenvalue weighted by molar-refractivity contribution is 0.907. The van der Waals surface area contributed by atoms with Crippen LogP contribution in [0.25, 0.3) is 33.3 Å². The van der Waals surface area contributed by atoms with Crippen LogP contribution in [-0.2, 0) is 7.05 Å². The zero-order chi connectivity index (χ0) is 15.3. The van der Waals surface area contributed by atoms with E-state index in [-0.39, 0.29) is 5.56 Å². The van der Waals surface area contributed by atoms with Crippen LogP contribution in [0.3, 0.4) is 0 Å². The summed E-state index contributed by atoms with van der Waals surface area (Å²) in [5, 5.41) is 0.847. The number of rotatable bonds is 1. The molecule has 0 spiro atoms. The Kier molecular flexibility index (Phi) is 2.56. The molecule has 4 aromatic rings. The van der Waals surface area contributed by atoms with Gasteiger partial charge in [-0.2, -0.15) is 0 Å². The second kappa shape index (κ2) is 4.46. The summed E-state index contributed by atoms with van der Waals surface area (Å²) in [6.07, 6.45) is 0. The Morgan fingerprint density at radius 1 is 1.09 bits per heavy atom. The van der Waals surface area contributed by atoms with Gasteiger partial charge in [-0.25, -0.2) is 4.98 Å². The number of para-hydroxylation sites is 3. The predicted molar refractivity (Wildman–Crippen MR) is 88.7 cm³/mol. The van der Waals surface area contributed by atoms with Gasteiger partial charge in [0.2, 0.25) is 0 Å². The molecule has 0 aliphatic rings. The van der Waals surface area contributed by atoms with Crippen LogP contribution in [0.15, 0.2) is 53.3 Å². The molecule has 0 amide bonds. The van der Waals surface area contributed by atoms with Crippen molar-refractivity contribution in [2.45, 2.75) is 0 Å². The van der Waals surface area contributed by atoms with Crippen molar-refractivity contribution in [1.82, 2.24) is 14.5 Å². The van der Waals surface area contributed by atoms with E-state index in [1.165, 1.54) is 0 Å². The molecule has 0 radical (unpaired) electrons. The van der Waals surface area contributed by atoms with Crippen molar-refractivity contribution in [3.63, 3.8) is 0 Å². The predicted octanol–water partition coefficient (Wildman–Crippen LogP) is 2.66. The summed E-state index contributed by atoms with van der Waals surface area (Å²) in [6, 6.07) is 15.3. The molecule has 0 saturated heterocycles. The summed E-state index contributed by atoms with van der Waals surface area (Å²) in [6.45, 7) is 0. The van der Waals surface area contributed by atoms with Crippen molar-refractivity contribution in [2.24, 2.45) is 7.05 Å². The fraction of sp³-hybridized carbons (Fsp3) is 0.0588. The van der Waals surface area contributed by atoms with E-state index in [1.807, 2.05) is 48.5 Å². The molecule has 108 valence electrons. The number of nitrogens with zero attached hydrogens (tertiary/aromatic N) is 2. The number of imidazole rings is 1. The van der Waals surface area contributed by atoms with Gasteiger partial charge in [0.25, 0.3) is 5.56 Å². The highest BCUT2D eigenvalue weighted by atomic mass is 16.1. The van der Waals surface area contributed by atoms with Crippen molar-refractivity contribution in [2.75, 3.05) is 5.73 Å². The SMILES string of the molecule is Cn1c(=O)c(-c2nc3ccccc3[nH]2)c(N)c2ccccc21. The van der Waals surface area contributed by atoms with Crippen LogP contribution in [0.4, 0.5) is 5.69 Å². The lowest BCUT2D eigenvalue weighted by Gasteiger charge is -2.11. The van der Waals surface area contributed by atoms with Crippen LogP contribution in [-0.4, -0.2) is 14.5 Å². The van der Waals surface area contributed by atoms with Gasteiger partial charge in [0.15, 0.2) is 0 Å². The van der Waals surface area contributed by atoms with E-state index in [0.29, 0.717) is 17.1 Å². The van der Waals surface area contributed by atoms with Gasteiger partial charge in [0.1, 0.15) is 11.4 Å². The second-order valence-electron chi connectivity index (χ2n) is 5.27. The van der Waals surface area contributed by atoms with Crippen molar-refractivity contribution in [1.29, 1.82) is 0 Å². The largest absolute Gasteiger partial charge is 0.397 e. The van der Waals surface area contributed by atoms with E-state index in [0.717, 1.165) is 21.9 Å². The van der Waals surface area contributed by atoms with Gasteiger partial charge in [-0.15, -0.1) is 0 Å². The van der Waals surface area contributed by atoms with E-state index in [4.69, 9.17) is 5.73 Å². The molecule has 3 N–H and O–H groups in total. The molecule has 22 heavy (non-hydrogen) atoms. The number of anilines is 1. The molecule has 4 rings (SSSR count). The Morgan fingerprint density at radius 2 is 1.82 bits per heavy atom. The molecule has 0 saturated carbocycles. The Bertz CT molecular complexity index is 1040. The third-order valence-corrected chi connectivity index (χ3v) is 3.97. The fourth-order valence-electron chi connectivity index (χ4n) is 2.82. The maximum absolute atomic E-state index is 12.7. The monoisotopic (exact) mass is 290 g/mol. The van der Waals surface area contributed by atoms with Crippen LogP contribution in [0.2, 0.25) is 0 Å². The maximum atomic E-state index is 12.7. The Balaban J connectivity index is 2.12. The number of benzene rings is 2. The van der Waals surface area contributed by atoms with Crippen molar-refractivity contribution < 1.29 is 0 Å². The number of aryl methyl sites for hydroxylation is 1. The van der Waals surface area contributed by atoms with Gasteiger partial charge in [0.05, 0.1) is 22.2 Å². The first kappa shape index (κ1) is 12.6. The average molecular weight is 290 g/mol. The smallest absolute Gasteiger partial charge is 0.263 e. The van der Waals surface area contributed by atoms with E-state index >= 15 is 0 Å². The van der Waals surface area contributed by atoms with E-state index in [9.17, 15) is 4.79 Å². The lowest BCUT2D eigenvalue weighted by atomic mass is 10.1. The van der Waals surface area contributed by atoms with Crippen LogP contribution >= 0.6 is 0 Å². The normalized spacial score (nSPS) is 11.3. The molecule has 2 aromatic carbocycles. The highest BCUT2D eigenvalue weighted by Crippen LogP contribution is 2.28.